The van der Waals surface area contributed by atoms with E-state index in [0.717, 1.165) is 82.9 Å². The summed E-state index contributed by atoms with van der Waals surface area (Å²) in [6.07, 6.45) is 0. The van der Waals surface area contributed by atoms with E-state index in [-0.39, 0.29) is 0 Å². The van der Waals surface area contributed by atoms with Gasteiger partial charge in [0.2, 0.25) is 0 Å². The van der Waals surface area contributed by atoms with Gasteiger partial charge >= 0.3 is 0 Å². The van der Waals surface area contributed by atoms with Gasteiger partial charge in [0.25, 0.3) is 0 Å². The Labute approximate surface area is 325 Å². The van der Waals surface area contributed by atoms with Crippen molar-refractivity contribution in [3.8, 4) is 22.8 Å². The van der Waals surface area contributed by atoms with Crippen LogP contribution in [0.2, 0.25) is 0 Å². The number of hydrogen-bond donors (Lipinski definition) is 0. The third kappa shape index (κ3) is 4.23. The number of benzene rings is 9. The van der Waals surface area contributed by atoms with Gasteiger partial charge in [-0.1, -0.05) is 121 Å². The fourth-order valence-corrected chi connectivity index (χ4v) is 9.41. The smallest absolute Gasteiger partial charge is 0.165 e. The third-order valence-corrected chi connectivity index (χ3v) is 11.9. The number of hydrogen-bond acceptors (Lipinski definition) is 3. The van der Waals surface area contributed by atoms with Gasteiger partial charge in [0, 0.05) is 43.3 Å². The van der Waals surface area contributed by atoms with Crippen LogP contribution in [-0.2, 0) is 0 Å². The van der Waals surface area contributed by atoms with Crippen molar-refractivity contribution in [1.29, 1.82) is 0 Å². The number of fused-ring (bicyclic) bond motifs is 13. The molecule has 0 atom stereocenters. The predicted molar refractivity (Wildman–Crippen MR) is 236 cm³/mol. The fraction of sp³-hybridized carbons (Fsp3) is 0. The molecule has 0 unspecified atom stereocenters. The molecule has 0 fully saturated rings. The van der Waals surface area contributed by atoms with Crippen LogP contribution in [0.5, 0.6) is 0 Å². The number of nitrogens with zero attached hydrogens (tertiary/aromatic N) is 4. The van der Waals surface area contributed by atoms with Crippen LogP contribution in [-0.4, -0.2) is 19.1 Å². The Morgan fingerprint density at radius 3 is 1.93 bits per heavy atom. The van der Waals surface area contributed by atoms with Crippen molar-refractivity contribution in [2.75, 3.05) is 0 Å². The Morgan fingerprint density at radius 2 is 1.05 bits per heavy atom. The van der Waals surface area contributed by atoms with Crippen molar-refractivity contribution in [2.45, 2.75) is 0 Å². The van der Waals surface area contributed by atoms with E-state index in [1.54, 1.807) is 0 Å². The van der Waals surface area contributed by atoms with Gasteiger partial charge in [-0.3, -0.25) is 4.57 Å². The van der Waals surface area contributed by atoms with Gasteiger partial charge in [-0.15, -0.1) is 0 Å². The van der Waals surface area contributed by atoms with Crippen LogP contribution >= 0.6 is 0 Å². The Kier molecular flexibility index (Phi) is 6.10. The highest BCUT2D eigenvalue weighted by molar-refractivity contribution is 6.22. The molecule has 4 heterocycles. The Bertz CT molecular complexity index is 3830. The lowest BCUT2D eigenvalue weighted by molar-refractivity contribution is 0.669. The molecule has 264 valence electrons. The standard InChI is InChI=1S/C52H30N4O/c1-2-15-33-31(13-1)27-28-46-49(33)37-18-4-9-24-44(37)55(46)45-25-11-14-32-29-47-40(30-39(32)45)34-16-3-8-23-43(34)56(47)52-50(53-41-21-6-7-22-42(41)54-52)38-20-12-19-36-35-17-5-10-26-48(35)57-51(36)38/h1-30H. The summed E-state index contributed by atoms with van der Waals surface area (Å²) in [5.41, 5.74) is 10.7. The molecule has 0 bridgehead atoms. The minimum absolute atomic E-state index is 0.762. The topological polar surface area (TPSA) is 48.8 Å². The Morgan fingerprint density at radius 1 is 0.386 bits per heavy atom. The van der Waals surface area contributed by atoms with E-state index >= 15 is 0 Å². The summed E-state index contributed by atoms with van der Waals surface area (Å²) in [4.78, 5) is 10.8. The van der Waals surface area contributed by atoms with Gasteiger partial charge in [0.05, 0.1) is 38.8 Å². The maximum atomic E-state index is 6.61. The molecule has 57 heavy (non-hydrogen) atoms. The highest BCUT2D eigenvalue weighted by Crippen LogP contribution is 2.43. The van der Waals surface area contributed by atoms with Gasteiger partial charge in [-0.2, -0.15) is 0 Å². The normalized spacial score (nSPS) is 12.2. The molecule has 0 aliphatic heterocycles. The summed E-state index contributed by atoms with van der Waals surface area (Å²) >= 11 is 0. The second kappa shape index (κ2) is 11.4. The van der Waals surface area contributed by atoms with Crippen molar-refractivity contribution in [1.82, 2.24) is 19.1 Å². The molecule has 0 aliphatic rings. The van der Waals surface area contributed by atoms with Crippen LogP contribution in [0.1, 0.15) is 0 Å². The van der Waals surface area contributed by atoms with E-state index in [4.69, 9.17) is 14.4 Å². The number of para-hydroxylation sites is 6. The molecule has 0 aliphatic carbocycles. The molecule has 5 heteroatoms. The van der Waals surface area contributed by atoms with Crippen molar-refractivity contribution < 1.29 is 4.42 Å². The van der Waals surface area contributed by atoms with Crippen LogP contribution in [0.25, 0.3) is 121 Å². The van der Waals surface area contributed by atoms with Gasteiger partial charge in [-0.25, -0.2) is 9.97 Å². The monoisotopic (exact) mass is 726 g/mol. The van der Waals surface area contributed by atoms with E-state index < -0.39 is 0 Å². The lowest BCUT2D eigenvalue weighted by Crippen LogP contribution is -2.04. The van der Waals surface area contributed by atoms with Crippen molar-refractivity contribution in [2.24, 2.45) is 0 Å². The van der Waals surface area contributed by atoms with Gasteiger partial charge in [0.15, 0.2) is 5.82 Å². The van der Waals surface area contributed by atoms with Gasteiger partial charge in [-0.05, 0) is 76.8 Å². The number of aromatic nitrogens is 4. The van der Waals surface area contributed by atoms with E-state index in [2.05, 4.69) is 155 Å². The molecule has 13 rings (SSSR count). The summed E-state index contributed by atoms with van der Waals surface area (Å²) in [5, 5.41) is 11.8. The summed E-state index contributed by atoms with van der Waals surface area (Å²) in [6.45, 7) is 0. The molecule has 0 N–H and O–H groups in total. The molecule has 0 radical (unpaired) electrons. The van der Waals surface area contributed by atoms with E-state index in [9.17, 15) is 0 Å². The molecule has 0 amide bonds. The highest BCUT2D eigenvalue weighted by atomic mass is 16.3. The van der Waals surface area contributed by atoms with Crippen LogP contribution in [0.3, 0.4) is 0 Å². The zero-order valence-corrected chi connectivity index (χ0v) is 30.5. The van der Waals surface area contributed by atoms with Crippen LogP contribution in [0, 0.1) is 0 Å². The molecule has 13 aromatic rings. The Hall–Kier alpha value is -7.76. The third-order valence-electron chi connectivity index (χ3n) is 11.9. The first-order valence-corrected chi connectivity index (χ1v) is 19.3. The molecule has 4 aromatic heterocycles. The predicted octanol–water partition coefficient (Wildman–Crippen LogP) is 13.7. The highest BCUT2D eigenvalue weighted by Gasteiger charge is 2.24. The van der Waals surface area contributed by atoms with Gasteiger partial charge < -0.3 is 8.98 Å². The van der Waals surface area contributed by atoms with Gasteiger partial charge in [0.1, 0.15) is 16.9 Å². The molecule has 0 saturated carbocycles. The minimum atomic E-state index is 0.762. The molecule has 0 saturated heterocycles. The van der Waals surface area contributed by atoms with E-state index in [1.165, 1.54) is 38.0 Å². The average Bonchev–Trinajstić information content (AvgIpc) is 3.93. The zero-order chi connectivity index (χ0) is 37.2. The second-order valence-electron chi connectivity index (χ2n) is 14.9. The maximum Gasteiger partial charge on any atom is 0.165 e. The molecular weight excluding hydrogens is 697 g/mol. The lowest BCUT2D eigenvalue weighted by Gasteiger charge is -2.15. The summed E-state index contributed by atoms with van der Waals surface area (Å²) in [7, 11) is 0. The largest absolute Gasteiger partial charge is 0.455 e. The zero-order valence-electron chi connectivity index (χ0n) is 30.5. The SMILES string of the molecule is c1cc(-n2c3ccccc3c3c4ccccc4ccc32)c2cc3c4ccccc4n(-c4nc5ccccc5nc4-c4cccc5c4oc4ccccc45)c3cc2c1. The van der Waals surface area contributed by atoms with Crippen LogP contribution < -0.4 is 0 Å². The maximum absolute atomic E-state index is 6.61. The molecule has 0 spiro atoms. The number of rotatable bonds is 3. The van der Waals surface area contributed by atoms with E-state index in [1.807, 2.05) is 36.4 Å². The fourth-order valence-electron chi connectivity index (χ4n) is 9.41. The Balaban J connectivity index is 1.13. The minimum Gasteiger partial charge on any atom is -0.455 e. The quantitative estimate of drug-likeness (QED) is 0.182. The first kappa shape index (κ1) is 30.6. The average molecular weight is 727 g/mol. The molecule has 9 aromatic carbocycles. The van der Waals surface area contributed by atoms with Crippen molar-refractivity contribution >= 4 is 98.1 Å². The van der Waals surface area contributed by atoms with Crippen molar-refractivity contribution in [3.63, 3.8) is 0 Å². The second-order valence-corrected chi connectivity index (χ2v) is 14.9. The van der Waals surface area contributed by atoms with Crippen molar-refractivity contribution in [3.05, 3.63) is 182 Å². The first-order valence-electron chi connectivity index (χ1n) is 19.3. The molecule has 5 nitrogen and oxygen atoms in total. The number of furan rings is 1. The van der Waals surface area contributed by atoms with E-state index in [0.29, 0.717) is 0 Å². The summed E-state index contributed by atoms with van der Waals surface area (Å²) < 4.78 is 11.4. The van der Waals surface area contributed by atoms with Crippen LogP contribution in [0.15, 0.2) is 186 Å². The molecular formula is C52H30N4O. The summed E-state index contributed by atoms with van der Waals surface area (Å²) in [6, 6.07) is 64.7. The van der Waals surface area contributed by atoms with Crippen LogP contribution in [0.4, 0.5) is 0 Å². The summed E-state index contributed by atoms with van der Waals surface area (Å²) in [5.74, 6) is 0.762. The first-order chi connectivity index (χ1) is 28.3. The lowest BCUT2D eigenvalue weighted by atomic mass is 10.0.